The lowest BCUT2D eigenvalue weighted by Gasteiger charge is -2.36. The minimum Gasteiger partial charge on any atom is -0.541 e. The zero-order valence-electron chi connectivity index (χ0n) is 12.3. The normalized spacial score (nSPS) is 12.1. The van der Waals surface area contributed by atoms with E-state index in [-0.39, 0.29) is 10.7 Å². The number of benzene rings is 1. The molecule has 5 nitrogen and oxygen atoms in total. The summed E-state index contributed by atoms with van der Waals surface area (Å²) in [5.74, 6) is 0.971. The highest BCUT2D eigenvalue weighted by atomic mass is 28.4. The van der Waals surface area contributed by atoms with Gasteiger partial charge in [0.2, 0.25) is 0 Å². The molecule has 0 spiro atoms. The maximum Gasteiger partial charge on any atom is 0.273 e. The van der Waals surface area contributed by atoms with Gasteiger partial charge in [-0.1, -0.05) is 20.8 Å². The quantitative estimate of drug-likeness (QED) is 0.476. The van der Waals surface area contributed by atoms with Crippen LogP contribution in [-0.2, 0) is 0 Å². The Morgan fingerprint density at radius 3 is 2.21 bits per heavy atom. The molecule has 0 aromatic heterocycles. The number of non-ortho nitro benzene ring substituents is 1. The van der Waals surface area contributed by atoms with Crippen LogP contribution in [0.5, 0.6) is 11.5 Å². The molecule has 0 saturated carbocycles. The standard InChI is InChI=1S/C13H21NO4Si/c1-13(2,3)19(5,6)18-11-8-7-10(14(15)16)9-12(11)17-4/h7-9H,1-6H3. The molecule has 0 fully saturated rings. The summed E-state index contributed by atoms with van der Waals surface area (Å²) in [5, 5.41) is 10.8. The maximum absolute atomic E-state index is 10.7. The highest BCUT2D eigenvalue weighted by Crippen LogP contribution is 2.40. The zero-order chi connectivity index (χ0) is 14.8. The van der Waals surface area contributed by atoms with Crippen molar-refractivity contribution in [3.63, 3.8) is 0 Å². The smallest absolute Gasteiger partial charge is 0.273 e. The first-order chi connectivity index (χ1) is 8.58. The van der Waals surface area contributed by atoms with Crippen molar-refractivity contribution in [1.29, 1.82) is 0 Å². The number of hydrogen-bond acceptors (Lipinski definition) is 4. The predicted octanol–water partition coefficient (Wildman–Crippen LogP) is 3.99. The SMILES string of the molecule is COc1cc([N+](=O)[O-])ccc1O[Si](C)(C)C(C)(C)C. The van der Waals surface area contributed by atoms with Crippen molar-refractivity contribution in [2.75, 3.05) is 7.11 Å². The first kappa shape index (κ1) is 15.5. The molecule has 0 N–H and O–H groups in total. The summed E-state index contributed by atoms with van der Waals surface area (Å²) in [6.45, 7) is 10.6. The van der Waals surface area contributed by atoms with Crippen molar-refractivity contribution >= 4 is 14.0 Å². The molecule has 0 radical (unpaired) electrons. The molecule has 6 heteroatoms. The van der Waals surface area contributed by atoms with E-state index in [0.29, 0.717) is 11.5 Å². The topological polar surface area (TPSA) is 61.6 Å². The highest BCUT2D eigenvalue weighted by molar-refractivity contribution is 6.74. The highest BCUT2D eigenvalue weighted by Gasteiger charge is 2.39. The van der Waals surface area contributed by atoms with Crippen molar-refractivity contribution in [3.05, 3.63) is 28.3 Å². The minimum atomic E-state index is -1.99. The van der Waals surface area contributed by atoms with E-state index in [1.165, 1.54) is 19.2 Å². The average Bonchev–Trinajstić information content (AvgIpc) is 2.27. The van der Waals surface area contributed by atoms with Crippen molar-refractivity contribution in [3.8, 4) is 11.5 Å². The molecule has 0 unspecified atom stereocenters. The third kappa shape index (κ3) is 3.47. The third-order valence-electron chi connectivity index (χ3n) is 3.53. The Morgan fingerprint density at radius 1 is 1.21 bits per heavy atom. The molecular weight excluding hydrogens is 262 g/mol. The Balaban J connectivity index is 3.12. The summed E-state index contributed by atoms with van der Waals surface area (Å²) in [7, 11) is -0.504. The van der Waals surface area contributed by atoms with E-state index in [1.807, 2.05) is 0 Å². The Kier molecular flexibility index (Phi) is 4.24. The fraction of sp³-hybridized carbons (Fsp3) is 0.538. The van der Waals surface area contributed by atoms with E-state index in [0.717, 1.165) is 0 Å². The van der Waals surface area contributed by atoms with E-state index < -0.39 is 13.2 Å². The number of ether oxygens (including phenoxy) is 1. The number of methoxy groups -OCH3 is 1. The van der Waals surface area contributed by atoms with E-state index >= 15 is 0 Å². The van der Waals surface area contributed by atoms with Gasteiger partial charge in [0.15, 0.2) is 5.75 Å². The van der Waals surface area contributed by atoms with Crippen molar-refractivity contribution in [2.24, 2.45) is 0 Å². The zero-order valence-corrected chi connectivity index (χ0v) is 13.3. The Morgan fingerprint density at radius 2 is 1.79 bits per heavy atom. The second kappa shape index (κ2) is 5.20. The summed E-state index contributed by atoms with van der Waals surface area (Å²) in [5.41, 5.74) is -0.000526. The van der Waals surface area contributed by atoms with Gasteiger partial charge in [-0.05, 0) is 24.2 Å². The molecule has 0 aliphatic heterocycles. The van der Waals surface area contributed by atoms with Gasteiger partial charge in [0.1, 0.15) is 5.75 Å². The average molecular weight is 283 g/mol. The largest absolute Gasteiger partial charge is 0.541 e. The van der Waals surface area contributed by atoms with Crippen molar-refractivity contribution in [1.82, 2.24) is 0 Å². The van der Waals surface area contributed by atoms with Gasteiger partial charge >= 0.3 is 0 Å². The lowest BCUT2D eigenvalue weighted by Crippen LogP contribution is -2.43. The minimum absolute atomic E-state index is 0.000526. The molecule has 106 valence electrons. The van der Waals surface area contributed by atoms with E-state index in [9.17, 15) is 10.1 Å². The van der Waals surface area contributed by atoms with Crippen LogP contribution >= 0.6 is 0 Å². The van der Waals surface area contributed by atoms with Crippen LogP contribution in [0.15, 0.2) is 18.2 Å². The van der Waals surface area contributed by atoms with Crippen LogP contribution in [0.25, 0.3) is 0 Å². The van der Waals surface area contributed by atoms with Crippen LogP contribution in [-0.4, -0.2) is 20.4 Å². The molecular formula is C13H21NO4Si. The van der Waals surface area contributed by atoms with Crippen LogP contribution in [0, 0.1) is 10.1 Å². The molecule has 0 bridgehead atoms. The van der Waals surface area contributed by atoms with Crippen molar-refractivity contribution in [2.45, 2.75) is 38.9 Å². The molecule has 0 saturated heterocycles. The number of nitro benzene ring substituents is 1. The Labute approximate surface area is 114 Å². The van der Waals surface area contributed by atoms with Crippen molar-refractivity contribution < 1.29 is 14.1 Å². The van der Waals surface area contributed by atoms with Gasteiger partial charge in [0.25, 0.3) is 14.0 Å². The van der Waals surface area contributed by atoms with E-state index in [1.54, 1.807) is 6.07 Å². The van der Waals surface area contributed by atoms with Gasteiger partial charge in [-0.2, -0.15) is 0 Å². The van der Waals surface area contributed by atoms with E-state index in [2.05, 4.69) is 33.9 Å². The van der Waals surface area contributed by atoms with Gasteiger partial charge in [-0.3, -0.25) is 10.1 Å². The van der Waals surface area contributed by atoms with E-state index in [4.69, 9.17) is 9.16 Å². The lowest BCUT2D eigenvalue weighted by atomic mass is 10.2. The monoisotopic (exact) mass is 283 g/mol. The predicted molar refractivity (Wildman–Crippen MR) is 77.5 cm³/mol. The van der Waals surface area contributed by atoms with Gasteiger partial charge in [-0.15, -0.1) is 0 Å². The molecule has 0 aliphatic carbocycles. The molecule has 0 atom stereocenters. The molecule has 1 aromatic rings. The number of rotatable bonds is 4. The lowest BCUT2D eigenvalue weighted by molar-refractivity contribution is -0.384. The van der Waals surface area contributed by atoms with Crippen LogP contribution < -0.4 is 9.16 Å². The third-order valence-corrected chi connectivity index (χ3v) is 7.87. The van der Waals surface area contributed by atoms with Crippen LogP contribution in [0.4, 0.5) is 5.69 Å². The van der Waals surface area contributed by atoms with Gasteiger partial charge in [-0.25, -0.2) is 0 Å². The number of hydrogen-bond donors (Lipinski definition) is 0. The summed E-state index contributed by atoms with van der Waals surface area (Å²) < 4.78 is 11.3. The number of nitro groups is 1. The van der Waals surface area contributed by atoms with Gasteiger partial charge in [0.05, 0.1) is 18.1 Å². The van der Waals surface area contributed by atoms with Crippen LogP contribution in [0.3, 0.4) is 0 Å². The Bertz CT molecular complexity index is 480. The summed E-state index contributed by atoms with van der Waals surface area (Å²) in [4.78, 5) is 10.3. The van der Waals surface area contributed by atoms with Crippen LogP contribution in [0.1, 0.15) is 20.8 Å². The van der Waals surface area contributed by atoms with Crippen LogP contribution in [0.2, 0.25) is 18.1 Å². The molecule has 0 aliphatic rings. The molecule has 1 rings (SSSR count). The number of nitrogens with zero attached hydrogens (tertiary/aromatic N) is 1. The second-order valence-corrected chi connectivity index (χ2v) is 10.7. The first-order valence-electron chi connectivity index (χ1n) is 6.10. The summed E-state index contributed by atoms with van der Waals surface area (Å²) >= 11 is 0. The van der Waals surface area contributed by atoms with Gasteiger partial charge < -0.3 is 9.16 Å². The molecule has 19 heavy (non-hydrogen) atoms. The fourth-order valence-electron chi connectivity index (χ4n) is 1.28. The molecule has 0 amide bonds. The summed E-state index contributed by atoms with van der Waals surface area (Å²) in [6.07, 6.45) is 0. The molecule has 0 heterocycles. The summed E-state index contributed by atoms with van der Waals surface area (Å²) in [6, 6.07) is 4.44. The molecule has 1 aromatic carbocycles. The first-order valence-corrected chi connectivity index (χ1v) is 9.01. The van der Waals surface area contributed by atoms with Gasteiger partial charge in [0, 0.05) is 6.07 Å². The Hall–Kier alpha value is -1.56. The second-order valence-electron chi connectivity index (χ2n) is 5.95. The maximum atomic E-state index is 10.7. The fourth-order valence-corrected chi connectivity index (χ4v) is 2.31.